The molecule has 0 aliphatic rings. The molecule has 3 rings (SSSR count). The minimum absolute atomic E-state index is 0.987. The number of benzene rings is 2. The fourth-order valence-electron chi connectivity index (χ4n) is 2.05. The van der Waals surface area contributed by atoms with Crippen molar-refractivity contribution in [1.29, 1.82) is 0 Å². The van der Waals surface area contributed by atoms with Crippen molar-refractivity contribution < 1.29 is 0 Å². The maximum absolute atomic E-state index is 4.57. The lowest BCUT2D eigenvalue weighted by Gasteiger charge is -2.08. The molecular weight excluding hydrogens is 434 g/mol. The zero-order valence-electron chi connectivity index (χ0n) is 9.70. The number of aromatic nitrogens is 1. The molecule has 1 heterocycles. The first-order valence-corrected chi connectivity index (χ1v) is 8.03. The van der Waals surface area contributed by atoms with E-state index in [2.05, 4.69) is 77.0 Å². The number of nitrogens with zero attached hydrogens (tertiary/aromatic N) is 1. The Balaban J connectivity index is 2.35. The van der Waals surface area contributed by atoms with Gasteiger partial charge in [-0.05, 0) is 45.6 Å². The number of hydrogen-bond donors (Lipinski definition) is 0. The molecule has 0 fully saturated rings. The summed E-state index contributed by atoms with van der Waals surface area (Å²) in [7, 11) is 0. The number of hydrogen-bond acceptors (Lipinski definition) is 1. The molecule has 0 saturated carbocycles. The number of rotatable bonds is 1. The average molecular weight is 442 g/mol. The van der Waals surface area contributed by atoms with Crippen LogP contribution in [0.2, 0.25) is 0 Å². The zero-order valence-corrected chi connectivity index (χ0v) is 14.5. The molecule has 0 N–H and O–H groups in total. The van der Waals surface area contributed by atoms with Crippen molar-refractivity contribution in [2.24, 2.45) is 0 Å². The Morgan fingerprint density at radius 2 is 1.58 bits per heavy atom. The number of pyridine rings is 1. The Kier molecular flexibility index (Phi) is 3.74. The summed E-state index contributed by atoms with van der Waals surface area (Å²) in [4.78, 5) is 4.57. The Morgan fingerprint density at radius 3 is 2.37 bits per heavy atom. The van der Waals surface area contributed by atoms with Crippen molar-refractivity contribution in [2.45, 2.75) is 0 Å². The molecule has 0 aliphatic carbocycles. The second-order valence-corrected chi connectivity index (χ2v) is 6.84. The minimum Gasteiger partial charge on any atom is -0.254 e. The van der Waals surface area contributed by atoms with Gasteiger partial charge in [0.25, 0.3) is 0 Å². The first-order chi connectivity index (χ1) is 9.15. The molecule has 3 aromatic rings. The fraction of sp³-hybridized carbons (Fsp3) is 0. The topological polar surface area (TPSA) is 12.9 Å². The lowest BCUT2D eigenvalue weighted by molar-refractivity contribution is 1.34. The van der Waals surface area contributed by atoms with E-state index in [9.17, 15) is 0 Å². The molecule has 1 aromatic heterocycles. The van der Waals surface area contributed by atoms with Gasteiger partial charge in [0.05, 0.1) is 5.69 Å². The van der Waals surface area contributed by atoms with Crippen molar-refractivity contribution in [3.05, 3.63) is 62.1 Å². The first kappa shape index (κ1) is 13.3. The van der Waals surface area contributed by atoms with Gasteiger partial charge in [0.2, 0.25) is 0 Å². The Labute approximate surface area is 136 Å². The largest absolute Gasteiger partial charge is 0.254 e. The normalized spacial score (nSPS) is 10.9. The standard InChI is InChI=1S/C15H8Br3N/c16-10-3-1-2-9(6-10)15-13-7-11(17)4-5-12(13)14(18)8-19-15/h1-8H. The molecule has 0 bridgehead atoms. The number of halogens is 3. The fourth-order valence-corrected chi connectivity index (χ4v) is 3.26. The molecule has 0 aliphatic heterocycles. The highest BCUT2D eigenvalue weighted by molar-refractivity contribution is 9.11. The maximum Gasteiger partial charge on any atom is 0.0781 e. The SMILES string of the molecule is Brc1cccc(-c2ncc(Br)c3ccc(Br)cc23)c1. The first-order valence-electron chi connectivity index (χ1n) is 5.65. The van der Waals surface area contributed by atoms with Gasteiger partial charge >= 0.3 is 0 Å². The van der Waals surface area contributed by atoms with Crippen LogP contribution in [-0.4, -0.2) is 4.98 Å². The molecule has 19 heavy (non-hydrogen) atoms. The van der Waals surface area contributed by atoms with Crippen molar-refractivity contribution in [1.82, 2.24) is 4.98 Å². The van der Waals surface area contributed by atoms with Crippen LogP contribution in [0.4, 0.5) is 0 Å². The van der Waals surface area contributed by atoms with Crippen LogP contribution in [0, 0.1) is 0 Å². The van der Waals surface area contributed by atoms with E-state index in [0.29, 0.717) is 0 Å². The Morgan fingerprint density at radius 1 is 0.789 bits per heavy atom. The highest BCUT2D eigenvalue weighted by Crippen LogP contribution is 2.33. The van der Waals surface area contributed by atoms with Crippen LogP contribution >= 0.6 is 47.8 Å². The van der Waals surface area contributed by atoms with Gasteiger partial charge in [-0.2, -0.15) is 0 Å². The van der Waals surface area contributed by atoms with Gasteiger partial charge in [0, 0.05) is 30.6 Å². The van der Waals surface area contributed by atoms with Crippen LogP contribution in [0.15, 0.2) is 62.1 Å². The molecule has 1 nitrogen and oxygen atoms in total. The van der Waals surface area contributed by atoms with Crippen LogP contribution in [0.25, 0.3) is 22.0 Å². The lowest BCUT2D eigenvalue weighted by Crippen LogP contribution is -1.87. The zero-order chi connectivity index (χ0) is 13.4. The van der Waals surface area contributed by atoms with E-state index in [4.69, 9.17) is 0 Å². The predicted molar refractivity (Wildman–Crippen MR) is 90.3 cm³/mol. The Bertz CT molecular complexity index is 768. The van der Waals surface area contributed by atoms with Crippen molar-refractivity contribution in [2.75, 3.05) is 0 Å². The molecule has 0 atom stereocenters. The van der Waals surface area contributed by atoms with E-state index in [-0.39, 0.29) is 0 Å². The van der Waals surface area contributed by atoms with Crippen LogP contribution in [-0.2, 0) is 0 Å². The molecule has 94 valence electrons. The minimum atomic E-state index is 0.987. The van der Waals surface area contributed by atoms with Gasteiger partial charge in [0.1, 0.15) is 0 Å². The van der Waals surface area contributed by atoms with Crippen molar-refractivity contribution in [3.63, 3.8) is 0 Å². The third kappa shape index (κ3) is 2.62. The molecule has 2 aromatic carbocycles. The summed E-state index contributed by atoms with van der Waals surface area (Å²) in [5.41, 5.74) is 2.09. The van der Waals surface area contributed by atoms with Gasteiger partial charge in [-0.1, -0.05) is 50.1 Å². The van der Waals surface area contributed by atoms with Crippen LogP contribution in [0.1, 0.15) is 0 Å². The summed E-state index contributed by atoms with van der Waals surface area (Å²) in [5.74, 6) is 0. The van der Waals surface area contributed by atoms with Crippen LogP contribution in [0.3, 0.4) is 0 Å². The smallest absolute Gasteiger partial charge is 0.0781 e. The van der Waals surface area contributed by atoms with E-state index < -0.39 is 0 Å². The van der Waals surface area contributed by atoms with E-state index in [0.717, 1.165) is 35.4 Å². The van der Waals surface area contributed by atoms with Crippen molar-refractivity contribution >= 4 is 58.6 Å². The summed E-state index contributed by atoms with van der Waals surface area (Å²) in [6.45, 7) is 0. The van der Waals surface area contributed by atoms with E-state index in [1.165, 1.54) is 0 Å². The molecule has 4 heteroatoms. The molecular formula is C15H8Br3N. The van der Waals surface area contributed by atoms with E-state index in [1.807, 2.05) is 24.4 Å². The highest BCUT2D eigenvalue weighted by Gasteiger charge is 2.09. The molecule has 0 radical (unpaired) electrons. The molecule has 0 amide bonds. The lowest BCUT2D eigenvalue weighted by atomic mass is 10.0. The van der Waals surface area contributed by atoms with E-state index >= 15 is 0 Å². The number of fused-ring (bicyclic) bond motifs is 1. The summed E-state index contributed by atoms with van der Waals surface area (Å²) in [6.07, 6.45) is 1.85. The second kappa shape index (κ2) is 5.35. The average Bonchev–Trinajstić information content (AvgIpc) is 2.39. The second-order valence-electron chi connectivity index (χ2n) is 4.15. The van der Waals surface area contributed by atoms with Gasteiger partial charge < -0.3 is 0 Å². The third-order valence-corrected chi connectivity index (χ3v) is 4.52. The van der Waals surface area contributed by atoms with E-state index in [1.54, 1.807) is 0 Å². The van der Waals surface area contributed by atoms with Gasteiger partial charge in [-0.3, -0.25) is 4.98 Å². The monoisotopic (exact) mass is 439 g/mol. The summed E-state index contributed by atoms with van der Waals surface area (Å²) in [5, 5.41) is 2.29. The Hall–Kier alpha value is -0.710. The van der Waals surface area contributed by atoms with Crippen molar-refractivity contribution in [3.8, 4) is 11.3 Å². The maximum atomic E-state index is 4.57. The van der Waals surface area contributed by atoms with Crippen LogP contribution in [0.5, 0.6) is 0 Å². The quantitative estimate of drug-likeness (QED) is 0.438. The summed E-state index contributed by atoms with van der Waals surface area (Å²) < 4.78 is 3.11. The highest BCUT2D eigenvalue weighted by atomic mass is 79.9. The van der Waals surface area contributed by atoms with Crippen LogP contribution < -0.4 is 0 Å². The molecule has 0 saturated heterocycles. The molecule has 0 unspecified atom stereocenters. The van der Waals surface area contributed by atoms with Gasteiger partial charge in [0.15, 0.2) is 0 Å². The molecule has 0 spiro atoms. The third-order valence-electron chi connectivity index (χ3n) is 2.90. The van der Waals surface area contributed by atoms with Gasteiger partial charge in [-0.15, -0.1) is 0 Å². The summed E-state index contributed by atoms with van der Waals surface area (Å²) >= 11 is 10.6. The van der Waals surface area contributed by atoms with Gasteiger partial charge in [-0.25, -0.2) is 0 Å². The predicted octanol–water partition coefficient (Wildman–Crippen LogP) is 6.19. The summed E-state index contributed by atoms with van der Waals surface area (Å²) in [6, 6.07) is 14.4.